The topological polar surface area (TPSA) is 18.8 Å². The van der Waals surface area contributed by atoms with Gasteiger partial charge in [0.05, 0.1) is 6.04 Å². The fraction of sp³-hybridized carbons (Fsp3) is 0.357. The summed E-state index contributed by atoms with van der Waals surface area (Å²) in [5, 5.41) is 0. The molecule has 0 aliphatic carbocycles. The third kappa shape index (κ3) is 3.09. The third-order valence-corrected chi connectivity index (χ3v) is 2.70. The van der Waals surface area contributed by atoms with Gasteiger partial charge in [-0.05, 0) is 5.56 Å². The van der Waals surface area contributed by atoms with Crippen molar-refractivity contribution in [3.63, 3.8) is 0 Å². The van der Waals surface area contributed by atoms with Crippen molar-refractivity contribution in [2.75, 3.05) is 28.2 Å². The van der Waals surface area contributed by atoms with Crippen LogP contribution in [0.3, 0.4) is 0 Å². The Bertz CT molecular complexity index is 382. The van der Waals surface area contributed by atoms with Crippen LogP contribution in [0, 0.1) is 0 Å². The number of benzene rings is 1. The molecule has 1 atom stereocenters. The summed E-state index contributed by atoms with van der Waals surface area (Å²) in [6, 6.07) is 10.4. The fourth-order valence-electron chi connectivity index (χ4n) is 1.97. The lowest BCUT2D eigenvalue weighted by molar-refractivity contribution is 0.379. The van der Waals surface area contributed by atoms with Gasteiger partial charge in [0.25, 0.3) is 0 Å². The quantitative estimate of drug-likeness (QED) is 0.452. The maximum Gasteiger partial charge on any atom is 0.196 e. The highest BCUT2D eigenvalue weighted by atomic mass is 15.4. The first-order valence-corrected chi connectivity index (χ1v) is 5.66. The lowest BCUT2D eigenvalue weighted by atomic mass is 10.1. The largest absolute Gasteiger partial charge is 0.349 e. The molecule has 3 heteroatoms. The van der Waals surface area contributed by atoms with Crippen LogP contribution in [0.1, 0.15) is 11.6 Å². The minimum Gasteiger partial charge on any atom is -0.349 e. The Morgan fingerprint density at radius 3 is 2.24 bits per heavy atom. The van der Waals surface area contributed by atoms with Crippen molar-refractivity contribution >= 4 is 5.96 Å². The number of aliphatic imine (C=N–C) groups is 1. The van der Waals surface area contributed by atoms with E-state index in [9.17, 15) is 0 Å². The molecule has 92 valence electrons. The van der Waals surface area contributed by atoms with E-state index in [0.717, 1.165) is 5.96 Å². The molecule has 0 aliphatic rings. The molecule has 0 bridgehead atoms. The smallest absolute Gasteiger partial charge is 0.196 e. The van der Waals surface area contributed by atoms with E-state index >= 15 is 0 Å². The highest BCUT2D eigenvalue weighted by Crippen LogP contribution is 2.20. The van der Waals surface area contributed by atoms with Gasteiger partial charge in [-0.1, -0.05) is 36.4 Å². The molecule has 0 radical (unpaired) electrons. The molecule has 0 N–H and O–H groups in total. The normalized spacial score (nSPS) is 13.1. The fourth-order valence-corrected chi connectivity index (χ4v) is 1.97. The first-order chi connectivity index (χ1) is 8.11. The maximum atomic E-state index is 4.30. The van der Waals surface area contributed by atoms with Gasteiger partial charge >= 0.3 is 0 Å². The summed E-state index contributed by atoms with van der Waals surface area (Å²) in [6.07, 6.45) is 1.93. The van der Waals surface area contributed by atoms with Crippen LogP contribution in [-0.4, -0.2) is 44.0 Å². The number of rotatable bonds is 3. The summed E-state index contributed by atoms with van der Waals surface area (Å²) in [7, 11) is 7.81. The standard InChI is InChI=1S/C14H21N3/c1-6-13(12-10-8-7-9-11-12)17(5)14(15-2)16(3)4/h6-11,13H,1H2,2-5H3. The number of guanidine groups is 1. The Hall–Kier alpha value is -1.77. The summed E-state index contributed by atoms with van der Waals surface area (Å²) in [6.45, 7) is 3.92. The average Bonchev–Trinajstić information content (AvgIpc) is 2.31. The zero-order chi connectivity index (χ0) is 12.8. The second-order valence-corrected chi connectivity index (χ2v) is 4.12. The van der Waals surface area contributed by atoms with Gasteiger partial charge in [-0.25, -0.2) is 0 Å². The molecule has 0 saturated heterocycles. The highest BCUT2D eigenvalue weighted by Gasteiger charge is 2.17. The van der Waals surface area contributed by atoms with Crippen molar-refractivity contribution < 1.29 is 0 Å². The van der Waals surface area contributed by atoms with E-state index in [2.05, 4.69) is 28.6 Å². The van der Waals surface area contributed by atoms with Crippen LogP contribution in [0.4, 0.5) is 0 Å². The van der Waals surface area contributed by atoms with E-state index in [-0.39, 0.29) is 6.04 Å². The molecule has 1 aromatic rings. The van der Waals surface area contributed by atoms with Gasteiger partial charge < -0.3 is 9.80 Å². The molecule has 0 amide bonds. The Morgan fingerprint density at radius 1 is 1.24 bits per heavy atom. The zero-order valence-corrected chi connectivity index (χ0v) is 11.1. The monoisotopic (exact) mass is 231 g/mol. The van der Waals surface area contributed by atoms with Crippen LogP contribution in [0.2, 0.25) is 0 Å². The first-order valence-electron chi connectivity index (χ1n) is 5.66. The molecule has 1 rings (SSSR count). The third-order valence-electron chi connectivity index (χ3n) is 2.70. The molecular weight excluding hydrogens is 210 g/mol. The molecule has 1 aromatic carbocycles. The predicted molar refractivity (Wildman–Crippen MR) is 74.2 cm³/mol. The Morgan fingerprint density at radius 2 is 1.82 bits per heavy atom. The highest BCUT2D eigenvalue weighted by molar-refractivity contribution is 5.80. The Labute approximate surface area is 104 Å². The summed E-state index contributed by atoms with van der Waals surface area (Å²) >= 11 is 0. The molecule has 0 spiro atoms. The van der Waals surface area contributed by atoms with E-state index in [0.29, 0.717) is 0 Å². The van der Waals surface area contributed by atoms with Gasteiger partial charge in [0.1, 0.15) is 0 Å². The van der Waals surface area contributed by atoms with Crippen molar-refractivity contribution in [2.45, 2.75) is 6.04 Å². The number of hydrogen-bond donors (Lipinski definition) is 0. The Balaban J connectivity index is 3.00. The van der Waals surface area contributed by atoms with Gasteiger partial charge in [-0.2, -0.15) is 0 Å². The average molecular weight is 231 g/mol. The second-order valence-electron chi connectivity index (χ2n) is 4.12. The van der Waals surface area contributed by atoms with Crippen LogP contribution in [0.15, 0.2) is 48.0 Å². The SMILES string of the molecule is C=CC(c1ccccc1)N(C)C(=NC)N(C)C. The van der Waals surface area contributed by atoms with E-state index in [1.165, 1.54) is 5.56 Å². The van der Waals surface area contributed by atoms with Crippen LogP contribution in [-0.2, 0) is 0 Å². The summed E-state index contributed by atoms with van der Waals surface area (Å²) in [4.78, 5) is 8.42. The maximum absolute atomic E-state index is 4.30. The Kier molecular flexibility index (Phi) is 4.76. The van der Waals surface area contributed by atoms with Gasteiger partial charge in [-0.15, -0.1) is 6.58 Å². The number of hydrogen-bond acceptors (Lipinski definition) is 1. The molecule has 0 saturated carbocycles. The number of nitrogens with zero attached hydrogens (tertiary/aromatic N) is 3. The van der Waals surface area contributed by atoms with Crippen molar-refractivity contribution in [2.24, 2.45) is 4.99 Å². The van der Waals surface area contributed by atoms with Gasteiger partial charge in [0, 0.05) is 28.2 Å². The molecule has 17 heavy (non-hydrogen) atoms. The van der Waals surface area contributed by atoms with Crippen LogP contribution >= 0.6 is 0 Å². The lowest BCUT2D eigenvalue weighted by Crippen LogP contribution is -2.39. The van der Waals surface area contributed by atoms with Gasteiger partial charge in [-0.3, -0.25) is 4.99 Å². The second kappa shape index (κ2) is 6.09. The summed E-state index contributed by atoms with van der Waals surface area (Å²) in [5.41, 5.74) is 1.22. The van der Waals surface area contributed by atoms with Gasteiger partial charge in [0.15, 0.2) is 5.96 Å². The lowest BCUT2D eigenvalue weighted by Gasteiger charge is -2.32. The number of likely N-dealkylation sites (N-methyl/N-ethyl adjacent to an activating group) is 1. The summed E-state index contributed by atoms with van der Waals surface area (Å²) < 4.78 is 0. The van der Waals surface area contributed by atoms with Crippen molar-refractivity contribution in [3.05, 3.63) is 48.6 Å². The van der Waals surface area contributed by atoms with Crippen LogP contribution < -0.4 is 0 Å². The van der Waals surface area contributed by atoms with Crippen LogP contribution in [0.5, 0.6) is 0 Å². The molecule has 0 heterocycles. The molecule has 1 unspecified atom stereocenters. The van der Waals surface area contributed by atoms with Crippen molar-refractivity contribution in [1.29, 1.82) is 0 Å². The van der Waals surface area contributed by atoms with Crippen molar-refractivity contribution in [3.8, 4) is 0 Å². The van der Waals surface area contributed by atoms with Gasteiger partial charge in [0.2, 0.25) is 0 Å². The predicted octanol–water partition coefficient (Wildman–Crippen LogP) is 2.39. The molecule has 0 aliphatic heterocycles. The molecule has 0 fully saturated rings. The zero-order valence-electron chi connectivity index (χ0n) is 11.1. The van der Waals surface area contributed by atoms with E-state index in [1.54, 1.807) is 7.05 Å². The summed E-state index contributed by atoms with van der Waals surface area (Å²) in [5.74, 6) is 0.929. The van der Waals surface area contributed by atoms with E-state index < -0.39 is 0 Å². The van der Waals surface area contributed by atoms with E-state index in [1.807, 2.05) is 50.3 Å². The first kappa shape index (κ1) is 13.3. The van der Waals surface area contributed by atoms with E-state index in [4.69, 9.17) is 0 Å². The molecule has 0 aromatic heterocycles. The van der Waals surface area contributed by atoms with Crippen molar-refractivity contribution in [1.82, 2.24) is 9.80 Å². The minimum atomic E-state index is 0.136. The molecular formula is C14H21N3. The molecule has 3 nitrogen and oxygen atoms in total. The van der Waals surface area contributed by atoms with Crippen LogP contribution in [0.25, 0.3) is 0 Å². The minimum absolute atomic E-state index is 0.136.